The van der Waals surface area contributed by atoms with Gasteiger partial charge in [0.05, 0.1) is 0 Å². The van der Waals surface area contributed by atoms with E-state index in [9.17, 15) is 0 Å². The lowest BCUT2D eigenvalue weighted by molar-refractivity contribution is 1.61. The first-order valence-electron chi connectivity index (χ1n) is 20.6. The van der Waals surface area contributed by atoms with Gasteiger partial charge in [-0.05, 0) is 118 Å². The van der Waals surface area contributed by atoms with Gasteiger partial charge in [-0.3, -0.25) is 0 Å². The molecule has 11 aromatic carbocycles. The Balaban J connectivity index is 1.20. The van der Waals surface area contributed by atoms with Crippen molar-refractivity contribution in [2.45, 2.75) is 0 Å². The zero-order chi connectivity index (χ0) is 39.3. The van der Waals surface area contributed by atoms with Gasteiger partial charge in [-0.2, -0.15) is 0 Å². The summed E-state index contributed by atoms with van der Waals surface area (Å²) in [6, 6.07) is 77.1. The van der Waals surface area contributed by atoms with Crippen LogP contribution in [0.1, 0.15) is 0 Å². The van der Waals surface area contributed by atoms with Gasteiger partial charge in [0, 0.05) is 40.3 Å². The summed E-state index contributed by atoms with van der Waals surface area (Å²) in [5.41, 5.74) is 9.99. The largest absolute Gasteiger partial charge is 0.135 e. The SMILES string of the molecule is c1ccc(-c2ccccc2-c2c3cccc(-c4cccc5ccc6sc7ccccc7c6c45)c3cc3c(-c4cccc5ccc6sc7ccccc7c6c45)cccc23)cc1. The molecule has 0 aliphatic rings. The third kappa shape index (κ3) is 4.96. The smallest absolute Gasteiger partial charge is 0.0362 e. The Morgan fingerprint density at radius 2 is 0.667 bits per heavy atom. The number of fused-ring (bicyclic) bond motifs is 12. The molecule has 2 heteroatoms. The highest BCUT2D eigenvalue weighted by molar-refractivity contribution is 7.26. The number of hydrogen-bond donors (Lipinski definition) is 0. The number of thiophene rings is 2. The van der Waals surface area contributed by atoms with Crippen LogP contribution in [0.5, 0.6) is 0 Å². The quantitative estimate of drug-likeness (QED) is 0.156. The maximum Gasteiger partial charge on any atom is 0.0362 e. The van der Waals surface area contributed by atoms with E-state index in [0.29, 0.717) is 0 Å². The van der Waals surface area contributed by atoms with Crippen molar-refractivity contribution in [1.82, 2.24) is 0 Å². The summed E-state index contributed by atoms with van der Waals surface area (Å²) < 4.78 is 5.30. The van der Waals surface area contributed by atoms with Crippen LogP contribution in [0.25, 0.3) is 128 Å². The first-order valence-corrected chi connectivity index (χ1v) is 22.2. The van der Waals surface area contributed by atoms with Crippen LogP contribution in [-0.2, 0) is 0 Å². The van der Waals surface area contributed by atoms with Gasteiger partial charge in [0.1, 0.15) is 0 Å². The van der Waals surface area contributed by atoms with Crippen LogP contribution in [-0.4, -0.2) is 0 Å². The molecule has 60 heavy (non-hydrogen) atoms. The van der Waals surface area contributed by atoms with Gasteiger partial charge in [0.25, 0.3) is 0 Å². The summed E-state index contributed by atoms with van der Waals surface area (Å²) in [5.74, 6) is 0. The molecule has 0 radical (unpaired) electrons. The molecule has 0 nitrogen and oxygen atoms in total. The fourth-order valence-electron chi connectivity index (χ4n) is 10.1. The van der Waals surface area contributed by atoms with Gasteiger partial charge >= 0.3 is 0 Å². The molecule has 2 heterocycles. The van der Waals surface area contributed by atoms with Crippen LogP contribution < -0.4 is 0 Å². The van der Waals surface area contributed by atoms with Gasteiger partial charge in [0.15, 0.2) is 0 Å². The lowest BCUT2D eigenvalue weighted by Gasteiger charge is -2.20. The zero-order valence-electron chi connectivity index (χ0n) is 32.4. The molecule has 13 rings (SSSR count). The molecule has 0 bridgehead atoms. The standard InChI is InChI=1S/C58H34S2/c1-2-14-35(15-3-1)38-18-4-5-19-41(38)56-44-26-12-22-39(42-24-10-16-36-30-32-52-57(54(36)42)46-20-6-8-28-50(46)59-52)48(44)34-49-40(23-13-27-45(49)56)43-25-11-17-37-31-33-53-58(55(37)43)47-21-7-9-29-51(47)60-53/h1-34H. The van der Waals surface area contributed by atoms with Crippen LogP contribution in [0.3, 0.4) is 0 Å². The summed E-state index contributed by atoms with van der Waals surface area (Å²) in [4.78, 5) is 0. The summed E-state index contributed by atoms with van der Waals surface area (Å²) >= 11 is 3.78. The van der Waals surface area contributed by atoms with Crippen LogP contribution in [0.2, 0.25) is 0 Å². The van der Waals surface area contributed by atoms with Gasteiger partial charge in [-0.1, -0.05) is 176 Å². The van der Waals surface area contributed by atoms with Crippen LogP contribution in [0.15, 0.2) is 206 Å². The summed E-state index contributed by atoms with van der Waals surface area (Å²) in [6.07, 6.45) is 0. The predicted molar refractivity (Wildman–Crippen MR) is 264 cm³/mol. The second kappa shape index (κ2) is 13.2. The topological polar surface area (TPSA) is 0 Å². The van der Waals surface area contributed by atoms with E-state index in [1.807, 2.05) is 22.7 Å². The Hall–Kier alpha value is -7.10. The molecule has 0 spiro atoms. The lowest BCUT2D eigenvalue weighted by Crippen LogP contribution is -1.93. The Labute approximate surface area is 354 Å². The molecule has 0 atom stereocenters. The molecule has 0 N–H and O–H groups in total. The Kier molecular flexibility index (Phi) is 7.45. The summed E-state index contributed by atoms with van der Waals surface area (Å²) in [6.45, 7) is 0. The van der Waals surface area contributed by atoms with Crippen molar-refractivity contribution in [3.63, 3.8) is 0 Å². The fourth-order valence-corrected chi connectivity index (χ4v) is 12.4. The van der Waals surface area contributed by atoms with Crippen molar-refractivity contribution in [2.24, 2.45) is 0 Å². The summed E-state index contributed by atoms with van der Waals surface area (Å²) in [5, 5.41) is 15.5. The van der Waals surface area contributed by atoms with E-state index in [0.717, 1.165) is 0 Å². The minimum atomic E-state index is 1.21. The predicted octanol–water partition coefficient (Wildman–Crippen LogP) is 17.7. The van der Waals surface area contributed by atoms with Gasteiger partial charge < -0.3 is 0 Å². The molecule has 278 valence electrons. The monoisotopic (exact) mass is 794 g/mol. The highest BCUT2D eigenvalue weighted by Crippen LogP contribution is 2.50. The number of hydrogen-bond acceptors (Lipinski definition) is 2. The summed E-state index contributed by atoms with van der Waals surface area (Å²) in [7, 11) is 0. The Morgan fingerprint density at radius 3 is 1.23 bits per heavy atom. The molecule has 0 amide bonds. The van der Waals surface area contributed by atoms with Gasteiger partial charge in [-0.25, -0.2) is 0 Å². The fraction of sp³-hybridized carbons (Fsp3) is 0. The first-order chi connectivity index (χ1) is 29.8. The van der Waals surface area contributed by atoms with Crippen molar-refractivity contribution in [2.75, 3.05) is 0 Å². The molecular weight excluding hydrogens is 761 g/mol. The average Bonchev–Trinajstić information content (AvgIpc) is 3.89. The van der Waals surface area contributed by atoms with E-state index in [-0.39, 0.29) is 0 Å². The van der Waals surface area contributed by atoms with E-state index in [1.54, 1.807) is 0 Å². The van der Waals surface area contributed by atoms with E-state index in [4.69, 9.17) is 0 Å². The van der Waals surface area contributed by atoms with E-state index < -0.39 is 0 Å². The van der Waals surface area contributed by atoms with Crippen LogP contribution in [0, 0.1) is 0 Å². The Bertz CT molecular complexity index is 3670. The molecule has 13 aromatic rings. The average molecular weight is 795 g/mol. The highest BCUT2D eigenvalue weighted by atomic mass is 32.1. The lowest BCUT2D eigenvalue weighted by atomic mass is 9.83. The third-order valence-corrected chi connectivity index (χ3v) is 14.9. The normalized spacial score (nSPS) is 12.0. The van der Waals surface area contributed by atoms with Crippen molar-refractivity contribution >= 4 is 106 Å². The molecule has 2 aromatic heterocycles. The number of benzene rings is 11. The van der Waals surface area contributed by atoms with Crippen molar-refractivity contribution in [3.8, 4) is 44.5 Å². The minimum absolute atomic E-state index is 1.21. The molecule has 0 saturated carbocycles. The second-order valence-electron chi connectivity index (χ2n) is 15.8. The maximum atomic E-state index is 2.51. The van der Waals surface area contributed by atoms with E-state index in [2.05, 4.69) is 206 Å². The molecule has 0 aliphatic carbocycles. The molecular formula is C58H34S2. The van der Waals surface area contributed by atoms with Crippen LogP contribution >= 0.6 is 22.7 Å². The molecule has 0 saturated heterocycles. The zero-order valence-corrected chi connectivity index (χ0v) is 34.1. The van der Waals surface area contributed by atoms with Gasteiger partial charge in [-0.15, -0.1) is 22.7 Å². The first kappa shape index (κ1) is 33.8. The molecule has 0 unspecified atom stereocenters. The van der Waals surface area contributed by atoms with Crippen LogP contribution in [0.4, 0.5) is 0 Å². The van der Waals surface area contributed by atoms with Gasteiger partial charge in [0.2, 0.25) is 0 Å². The minimum Gasteiger partial charge on any atom is -0.135 e. The third-order valence-electron chi connectivity index (χ3n) is 12.7. The number of rotatable bonds is 4. The van der Waals surface area contributed by atoms with Crippen molar-refractivity contribution in [1.29, 1.82) is 0 Å². The van der Waals surface area contributed by atoms with E-state index in [1.165, 1.54) is 128 Å². The van der Waals surface area contributed by atoms with Crippen molar-refractivity contribution in [3.05, 3.63) is 206 Å². The Morgan fingerprint density at radius 1 is 0.233 bits per heavy atom. The second-order valence-corrected chi connectivity index (χ2v) is 18.0. The molecule has 0 fully saturated rings. The highest BCUT2D eigenvalue weighted by Gasteiger charge is 2.21. The van der Waals surface area contributed by atoms with Crippen molar-refractivity contribution < 1.29 is 0 Å². The molecule has 0 aliphatic heterocycles. The van der Waals surface area contributed by atoms with E-state index >= 15 is 0 Å². The maximum absolute atomic E-state index is 2.51.